The highest BCUT2D eigenvalue weighted by molar-refractivity contribution is 5.95. The predicted molar refractivity (Wildman–Crippen MR) is 115 cm³/mol. The normalized spacial score (nSPS) is 15.4. The number of nitrogens with one attached hydrogen (secondary N) is 3. The van der Waals surface area contributed by atoms with E-state index in [0.29, 0.717) is 19.0 Å². The highest BCUT2D eigenvalue weighted by atomic mass is 35.5. The summed E-state index contributed by atoms with van der Waals surface area (Å²) in [5.41, 5.74) is 3.04. The Balaban J connectivity index is 0.00000182. The molecule has 1 aromatic carbocycles. The lowest BCUT2D eigenvalue weighted by molar-refractivity contribution is 0.0954. The standard InChI is InChI=1S/C20H26N4O.2ClH/c1-15-5-4-9-22-19(15)23-11-12-24-20(25)18-7-3-2-6-17(18)13-16-8-10-21-14-16;;/h2-7,9,16,21H,8,10-14H2,1H3,(H,22,23)(H,24,25);2*1H. The summed E-state index contributed by atoms with van der Waals surface area (Å²) in [6.07, 6.45) is 3.91. The number of amides is 1. The highest BCUT2D eigenvalue weighted by Gasteiger charge is 2.18. The van der Waals surface area contributed by atoms with Crippen LogP contribution >= 0.6 is 24.8 Å². The van der Waals surface area contributed by atoms with Crippen LogP contribution in [0.3, 0.4) is 0 Å². The smallest absolute Gasteiger partial charge is 0.251 e. The second kappa shape index (κ2) is 11.8. The lowest BCUT2D eigenvalue weighted by Gasteiger charge is -2.14. The second-order valence-electron chi connectivity index (χ2n) is 6.57. The van der Waals surface area contributed by atoms with E-state index in [1.54, 1.807) is 6.20 Å². The van der Waals surface area contributed by atoms with Gasteiger partial charge >= 0.3 is 0 Å². The van der Waals surface area contributed by atoms with E-state index >= 15 is 0 Å². The summed E-state index contributed by atoms with van der Waals surface area (Å²) in [6.45, 7) is 5.36. The SMILES string of the molecule is Cc1cccnc1NCCNC(=O)c1ccccc1CC1CCNC1.Cl.Cl. The summed E-state index contributed by atoms with van der Waals surface area (Å²) in [4.78, 5) is 16.8. The van der Waals surface area contributed by atoms with Crippen LogP contribution in [0.4, 0.5) is 5.82 Å². The first-order valence-corrected chi connectivity index (χ1v) is 8.96. The number of aryl methyl sites for hydroxylation is 1. The third-order valence-corrected chi connectivity index (χ3v) is 4.65. The number of halogens is 2. The number of aromatic nitrogens is 1. The molecule has 1 aromatic heterocycles. The van der Waals surface area contributed by atoms with Crippen molar-refractivity contribution in [2.75, 3.05) is 31.5 Å². The zero-order valence-corrected chi connectivity index (χ0v) is 17.2. The quantitative estimate of drug-likeness (QED) is 0.612. The van der Waals surface area contributed by atoms with Gasteiger partial charge < -0.3 is 16.0 Å². The van der Waals surface area contributed by atoms with Crippen LogP contribution in [0.5, 0.6) is 0 Å². The van der Waals surface area contributed by atoms with E-state index < -0.39 is 0 Å². The Morgan fingerprint density at radius 2 is 2.00 bits per heavy atom. The van der Waals surface area contributed by atoms with Gasteiger partial charge in [0.25, 0.3) is 5.91 Å². The number of benzene rings is 1. The molecule has 2 heterocycles. The van der Waals surface area contributed by atoms with Crippen molar-refractivity contribution in [3.8, 4) is 0 Å². The van der Waals surface area contributed by atoms with Crippen LogP contribution in [-0.2, 0) is 6.42 Å². The van der Waals surface area contributed by atoms with Crippen LogP contribution < -0.4 is 16.0 Å². The van der Waals surface area contributed by atoms with Gasteiger partial charge in [0.15, 0.2) is 0 Å². The van der Waals surface area contributed by atoms with Gasteiger partial charge in [-0.2, -0.15) is 0 Å². The molecular formula is C20H28Cl2N4O. The fourth-order valence-electron chi connectivity index (χ4n) is 3.24. The van der Waals surface area contributed by atoms with Crippen LogP contribution in [-0.4, -0.2) is 37.1 Å². The van der Waals surface area contributed by atoms with E-state index in [2.05, 4.69) is 27.0 Å². The maximum atomic E-state index is 12.5. The average molecular weight is 411 g/mol. The van der Waals surface area contributed by atoms with Crippen molar-refractivity contribution in [1.29, 1.82) is 0 Å². The average Bonchev–Trinajstić information content (AvgIpc) is 3.13. The first-order valence-electron chi connectivity index (χ1n) is 8.96. The molecule has 0 saturated carbocycles. The molecule has 1 unspecified atom stereocenters. The molecule has 1 saturated heterocycles. The zero-order chi connectivity index (χ0) is 17.5. The Kier molecular flexibility index (Phi) is 10.1. The maximum absolute atomic E-state index is 12.5. The molecule has 148 valence electrons. The van der Waals surface area contributed by atoms with Gasteiger partial charge in [-0.25, -0.2) is 4.98 Å². The molecule has 3 N–H and O–H groups in total. The molecule has 1 atom stereocenters. The molecule has 1 aliphatic heterocycles. The van der Waals surface area contributed by atoms with Crippen LogP contribution in [0.15, 0.2) is 42.6 Å². The molecule has 0 bridgehead atoms. The van der Waals surface area contributed by atoms with E-state index in [9.17, 15) is 4.79 Å². The summed E-state index contributed by atoms with van der Waals surface area (Å²) in [6, 6.07) is 11.9. The monoisotopic (exact) mass is 410 g/mol. The molecule has 3 rings (SSSR count). The van der Waals surface area contributed by atoms with Crippen molar-refractivity contribution in [2.45, 2.75) is 19.8 Å². The van der Waals surface area contributed by atoms with Gasteiger partial charge in [-0.05, 0) is 62.0 Å². The third-order valence-electron chi connectivity index (χ3n) is 4.65. The van der Waals surface area contributed by atoms with E-state index in [1.165, 1.54) is 6.42 Å². The molecule has 1 fully saturated rings. The minimum Gasteiger partial charge on any atom is -0.368 e. The molecule has 0 radical (unpaired) electrons. The van der Waals surface area contributed by atoms with Crippen LogP contribution in [0.1, 0.15) is 27.9 Å². The Morgan fingerprint density at radius 1 is 1.19 bits per heavy atom. The van der Waals surface area contributed by atoms with Crippen molar-refractivity contribution in [1.82, 2.24) is 15.6 Å². The van der Waals surface area contributed by atoms with E-state index in [4.69, 9.17) is 0 Å². The number of anilines is 1. The molecule has 2 aromatic rings. The predicted octanol–water partition coefficient (Wildman–Crippen LogP) is 3.23. The summed E-state index contributed by atoms with van der Waals surface area (Å²) in [5.74, 6) is 1.50. The van der Waals surface area contributed by atoms with Crippen LogP contribution in [0.2, 0.25) is 0 Å². The fourth-order valence-corrected chi connectivity index (χ4v) is 3.24. The molecule has 1 amide bonds. The van der Waals surface area contributed by atoms with Gasteiger partial charge in [-0.15, -0.1) is 24.8 Å². The van der Waals surface area contributed by atoms with Gasteiger partial charge in [-0.3, -0.25) is 4.79 Å². The Morgan fingerprint density at radius 3 is 2.74 bits per heavy atom. The number of pyridine rings is 1. The second-order valence-corrected chi connectivity index (χ2v) is 6.57. The number of rotatable bonds is 7. The van der Waals surface area contributed by atoms with Crippen molar-refractivity contribution in [2.24, 2.45) is 5.92 Å². The van der Waals surface area contributed by atoms with Crippen LogP contribution in [0, 0.1) is 12.8 Å². The first-order chi connectivity index (χ1) is 12.2. The molecule has 7 heteroatoms. The van der Waals surface area contributed by atoms with Gasteiger partial charge in [0.2, 0.25) is 0 Å². The molecule has 5 nitrogen and oxygen atoms in total. The third kappa shape index (κ3) is 6.69. The van der Waals surface area contributed by atoms with Crippen molar-refractivity contribution < 1.29 is 4.79 Å². The fraction of sp³-hybridized carbons (Fsp3) is 0.400. The zero-order valence-electron chi connectivity index (χ0n) is 15.5. The maximum Gasteiger partial charge on any atom is 0.251 e. The Hall–Kier alpha value is -1.82. The topological polar surface area (TPSA) is 66.0 Å². The molecule has 27 heavy (non-hydrogen) atoms. The van der Waals surface area contributed by atoms with Crippen molar-refractivity contribution in [3.05, 3.63) is 59.3 Å². The molecule has 0 spiro atoms. The van der Waals surface area contributed by atoms with Crippen molar-refractivity contribution in [3.63, 3.8) is 0 Å². The largest absolute Gasteiger partial charge is 0.368 e. The van der Waals surface area contributed by atoms with Crippen LogP contribution in [0.25, 0.3) is 0 Å². The molecule has 1 aliphatic rings. The van der Waals surface area contributed by atoms with E-state index in [0.717, 1.165) is 42.0 Å². The van der Waals surface area contributed by atoms with Crippen molar-refractivity contribution >= 4 is 36.5 Å². The van der Waals surface area contributed by atoms with Gasteiger partial charge in [0.05, 0.1) is 0 Å². The molecular weight excluding hydrogens is 383 g/mol. The lowest BCUT2D eigenvalue weighted by atomic mass is 9.94. The van der Waals surface area contributed by atoms with E-state index in [-0.39, 0.29) is 30.7 Å². The minimum absolute atomic E-state index is 0. The number of carbonyl (C=O) groups excluding carboxylic acids is 1. The van der Waals surface area contributed by atoms with E-state index in [1.807, 2.05) is 37.3 Å². The van der Waals surface area contributed by atoms with Gasteiger partial charge in [0, 0.05) is 24.8 Å². The number of hydrogen-bond donors (Lipinski definition) is 3. The highest BCUT2D eigenvalue weighted by Crippen LogP contribution is 2.18. The number of carbonyl (C=O) groups is 1. The first kappa shape index (κ1) is 23.2. The van der Waals surface area contributed by atoms with Gasteiger partial charge in [0.1, 0.15) is 5.82 Å². The summed E-state index contributed by atoms with van der Waals surface area (Å²) in [5, 5.41) is 9.66. The number of nitrogens with zero attached hydrogens (tertiary/aromatic N) is 1. The summed E-state index contributed by atoms with van der Waals surface area (Å²) < 4.78 is 0. The Bertz CT molecular complexity index is 721. The summed E-state index contributed by atoms with van der Waals surface area (Å²) in [7, 11) is 0. The summed E-state index contributed by atoms with van der Waals surface area (Å²) >= 11 is 0. The lowest BCUT2D eigenvalue weighted by Crippen LogP contribution is -2.30. The minimum atomic E-state index is 0. The Labute approximate surface area is 173 Å². The van der Waals surface area contributed by atoms with Gasteiger partial charge in [-0.1, -0.05) is 24.3 Å². The molecule has 0 aliphatic carbocycles. The number of hydrogen-bond acceptors (Lipinski definition) is 4.